The number of nitrogens with one attached hydrogen (secondary N) is 2. The van der Waals surface area contributed by atoms with Gasteiger partial charge in [-0.05, 0) is 31.0 Å². The number of amides is 1. The van der Waals surface area contributed by atoms with Gasteiger partial charge in [-0.15, -0.1) is 0 Å². The number of nitrogens with zero attached hydrogens (tertiary/aromatic N) is 2. The molecule has 1 fully saturated rings. The largest absolute Gasteiger partial charge is 0.493 e. The first kappa shape index (κ1) is 19.1. The van der Waals surface area contributed by atoms with Crippen LogP contribution < -0.4 is 19.7 Å². The molecule has 0 atom stereocenters. The summed E-state index contributed by atoms with van der Waals surface area (Å²) in [5.41, 5.74) is 2.91. The Hall–Kier alpha value is -3.22. The zero-order valence-electron chi connectivity index (χ0n) is 16.8. The van der Waals surface area contributed by atoms with E-state index in [1.807, 2.05) is 42.5 Å². The molecule has 0 spiro atoms. The number of benzene rings is 2. The number of rotatable bonds is 6. The van der Waals surface area contributed by atoms with Crippen molar-refractivity contribution in [1.82, 2.24) is 15.3 Å². The highest BCUT2D eigenvalue weighted by molar-refractivity contribution is 5.79. The summed E-state index contributed by atoms with van der Waals surface area (Å²) in [7, 11) is 3.22. The second-order valence-electron chi connectivity index (χ2n) is 7.21. The lowest BCUT2D eigenvalue weighted by molar-refractivity contribution is -0.125. The first-order valence-corrected chi connectivity index (χ1v) is 9.87. The molecule has 3 aromatic rings. The maximum absolute atomic E-state index is 12.7. The molecule has 0 aliphatic carbocycles. The number of carbonyl (C=O) groups excluding carboxylic acids is 1. The molecule has 152 valence electrons. The number of hydrogen-bond donors (Lipinski definition) is 2. The van der Waals surface area contributed by atoms with E-state index >= 15 is 0 Å². The smallest absolute Gasteiger partial charge is 0.223 e. The van der Waals surface area contributed by atoms with Crippen LogP contribution in [0.25, 0.3) is 11.0 Å². The summed E-state index contributed by atoms with van der Waals surface area (Å²) < 4.78 is 10.8. The van der Waals surface area contributed by atoms with E-state index in [4.69, 9.17) is 9.47 Å². The molecular formula is C22H26N4O3. The van der Waals surface area contributed by atoms with Crippen molar-refractivity contribution in [1.29, 1.82) is 0 Å². The number of fused-ring (bicyclic) bond motifs is 1. The summed E-state index contributed by atoms with van der Waals surface area (Å²) in [6.45, 7) is 2.03. The van der Waals surface area contributed by atoms with Crippen molar-refractivity contribution in [2.75, 3.05) is 32.2 Å². The zero-order chi connectivity index (χ0) is 20.2. The number of H-pyrrole nitrogens is 1. The van der Waals surface area contributed by atoms with Gasteiger partial charge >= 0.3 is 0 Å². The number of aromatic nitrogens is 2. The standard InChI is InChI=1S/C22H26N4O3/c1-28-19-9-5-6-16(20(19)29-2)14-23-21(27)15-10-12-26(13-11-15)22-24-17-7-3-4-8-18(17)25-22/h3-9,15H,10-14H2,1-2H3,(H,23,27)(H,24,25). The maximum Gasteiger partial charge on any atom is 0.223 e. The minimum atomic E-state index is 0.00670. The topological polar surface area (TPSA) is 79.5 Å². The molecule has 2 aromatic carbocycles. The monoisotopic (exact) mass is 394 g/mol. The number of ether oxygens (including phenoxy) is 2. The fourth-order valence-corrected chi connectivity index (χ4v) is 3.86. The maximum atomic E-state index is 12.7. The Morgan fingerprint density at radius 1 is 1.14 bits per heavy atom. The lowest BCUT2D eigenvalue weighted by Gasteiger charge is -2.31. The van der Waals surface area contributed by atoms with Gasteiger partial charge in [0.2, 0.25) is 11.9 Å². The predicted molar refractivity (Wildman–Crippen MR) is 112 cm³/mol. The van der Waals surface area contributed by atoms with E-state index < -0.39 is 0 Å². The SMILES string of the molecule is COc1cccc(CNC(=O)C2CCN(c3nc4ccccc4[nH]3)CC2)c1OC. The van der Waals surface area contributed by atoms with Gasteiger partial charge in [0.05, 0.1) is 25.3 Å². The van der Waals surface area contributed by atoms with Gasteiger partial charge in [-0.1, -0.05) is 24.3 Å². The van der Waals surface area contributed by atoms with E-state index in [-0.39, 0.29) is 11.8 Å². The molecule has 1 aliphatic heterocycles. The number of methoxy groups -OCH3 is 2. The molecule has 2 heterocycles. The molecule has 2 N–H and O–H groups in total. The molecule has 1 saturated heterocycles. The second kappa shape index (κ2) is 8.43. The molecule has 1 amide bonds. The van der Waals surface area contributed by atoms with E-state index in [2.05, 4.69) is 20.2 Å². The minimum absolute atomic E-state index is 0.00670. The third-order valence-electron chi connectivity index (χ3n) is 5.48. The zero-order valence-corrected chi connectivity index (χ0v) is 16.8. The molecule has 7 nitrogen and oxygen atoms in total. The van der Waals surface area contributed by atoms with Crippen LogP contribution >= 0.6 is 0 Å². The fourth-order valence-electron chi connectivity index (χ4n) is 3.86. The average Bonchev–Trinajstić information content (AvgIpc) is 3.21. The number of aromatic amines is 1. The van der Waals surface area contributed by atoms with Crippen molar-refractivity contribution in [2.24, 2.45) is 5.92 Å². The Bertz CT molecular complexity index is 960. The predicted octanol–water partition coefficient (Wildman–Crippen LogP) is 3.11. The second-order valence-corrected chi connectivity index (χ2v) is 7.21. The van der Waals surface area contributed by atoms with Crippen LogP contribution in [0.5, 0.6) is 11.5 Å². The molecule has 0 bridgehead atoms. The van der Waals surface area contributed by atoms with Crippen LogP contribution in [0.3, 0.4) is 0 Å². The van der Waals surface area contributed by atoms with E-state index in [9.17, 15) is 4.79 Å². The summed E-state index contributed by atoms with van der Waals surface area (Å²) in [5.74, 6) is 2.30. The van der Waals surface area contributed by atoms with Crippen LogP contribution in [-0.2, 0) is 11.3 Å². The van der Waals surface area contributed by atoms with Crippen molar-refractivity contribution < 1.29 is 14.3 Å². The van der Waals surface area contributed by atoms with Crippen molar-refractivity contribution in [3.05, 3.63) is 48.0 Å². The summed E-state index contributed by atoms with van der Waals surface area (Å²) in [4.78, 5) is 22.9. The van der Waals surface area contributed by atoms with Gasteiger partial charge in [0.25, 0.3) is 0 Å². The van der Waals surface area contributed by atoms with E-state index in [0.29, 0.717) is 18.0 Å². The first-order chi connectivity index (χ1) is 14.2. The molecule has 1 aliphatic rings. The van der Waals surface area contributed by atoms with Crippen LogP contribution in [0, 0.1) is 5.92 Å². The van der Waals surface area contributed by atoms with Crippen molar-refractivity contribution in [2.45, 2.75) is 19.4 Å². The number of carbonyl (C=O) groups is 1. The molecule has 4 rings (SSSR count). The highest BCUT2D eigenvalue weighted by Gasteiger charge is 2.26. The molecule has 29 heavy (non-hydrogen) atoms. The summed E-state index contributed by atoms with van der Waals surface area (Å²) >= 11 is 0. The van der Waals surface area contributed by atoms with Gasteiger partial charge in [-0.2, -0.15) is 0 Å². The number of imidazole rings is 1. The Morgan fingerprint density at radius 3 is 2.66 bits per heavy atom. The van der Waals surface area contributed by atoms with Crippen molar-refractivity contribution in [3.8, 4) is 11.5 Å². The lowest BCUT2D eigenvalue weighted by Crippen LogP contribution is -2.40. The van der Waals surface area contributed by atoms with Crippen LogP contribution in [-0.4, -0.2) is 43.2 Å². The Labute approximate surface area is 170 Å². The van der Waals surface area contributed by atoms with E-state index in [1.165, 1.54) is 0 Å². The number of piperidine rings is 1. The van der Waals surface area contributed by atoms with Gasteiger partial charge < -0.3 is 24.7 Å². The highest BCUT2D eigenvalue weighted by Crippen LogP contribution is 2.30. The normalized spacial score (nSPS) is 14.8. The van der Waals surface area contributed by atoms with Crippen molar-refractivity contribution in [3.63, 3.8) is 0 Å². The number of para-hydroxylation sites is 3. The average molecular weight is 394 g/mol. The van der Waals surface area contributed by atoms with Crippen LogP contribution in [0.1, 0.15) is 18.4 Å². The minimum Gasteiger partial charge on any atom is -0.493 e. The highest BCUT2D eigenvalue weighted by atomic mass is 16.5. The summed E-state index contributed by atoms with van der Waals surface area (Å²) in [6, 6.07) is 13.7. The van der Waals surface area contributed by atoms with Gasteiger partial charge in [-0.25, -0.2) is 4.98 Å². The molecule has 1 aromatic heterocycles. The Balaban J connectivity index is 1.33. The third-order valence-corrected chi connectivity index (χ3v) is 5.48. The Morgan fingerprint density at radius 2 is 1.93 bits per heavy atom. The van der Waals surface area contributed by atoms with Gasteiger partial charge in [0, 0.05) is 31.1 Å². The third kappa shape index (κ3) is 3.99. The molecule has 0 saturated carbocycles. The summed E-state index contributed by atoms with van der Waals surface area (Å²) in [5, 5.41) is 3.05. The number of anilines is 1. The quantitative estimate of drug-likeness (QED) is 0.672. The molecular weight excluding hydrogens is 368 g/mol. The number of hydrogen-bond acceptors (Lipinski definition) is 5. The van der Waals surface area contributed by atoms with Crippen LogP contribution in [0.2, 0.25) is 0 Å². The summed E-state index contributed by atoms with van der Waals surface area (Å²) in [6.07, 6.45) is 1.61. The van der Waals surface area contributed by atoms with E-state index in [1.54, 1.807) is 14.2 Å². The van der Waals surface area contributed by atoms with Crippen molar-refractivity contribution >= 4 is 22.9 Å². The van der Waals surface area contributed by atoms with Gasteiger partial charge in [-0.3, -0.25) is 4.79 Å². The molecule has 7 heteroatoms. The molecule has 0 radical (unpaired) electrons. The van der Waals surface area contributed by atoms with E-state index in [0.717, 1.165) is 48.5 Å². The fraction of sp³-hybridized carbons (Fsp3) is 0.364. The first-order valence-electron chi connectivity index (χ1n) is 9.87. The molecule has 0 unspecified atom stereocenters. The Kier molecular flexibility index (Phi) is 5.55. The lowest BCUT2D eigenvalue weighted by atomic mass is 9.96. The van der Waals surface area contributed by atoms with Gasteiger partial charge in [0.15, 0.2) is 11.5 Å². The van der Waals surface area contributed by atoms with Crippen LogP contribution in [0.4, 0.5) is 5.95 Å². The van der Waals surface area contributed by atoms with Crippen LogP contribution in [0.15, 0.2) is 42.5 Å². The van der Waals surface area contributed by atoms with Gasteiger partial charge in [0.1, 0.15) is 0 Å².